The molecular formula is C15H20F3NO2. The first-order valence-corrected chi connectivity index (χ1v) is 7.12. The SMILES string of the molecule is OCCC1CCCN(c2ccc(CO)c(C(F)(F)F)c2)C1. The van der Waals surface area contributed by atoms with Gasteiger partial charge in [0.05, 0.1) is 12.2 Å². The summed E-state index contributed by atoms with van der Waals surface area (Å²) in [5.41, 5.74) is -0.343. The maximum absolute atomic E-state index is 13.0. The molecule has 118 valence electrons. The van der Waals surface area contributed by atoms with Gasteiger partial charge in [0.15, 0.2) is 0 Å². The van der Waals surface area contributed by atoms with Gasteiger partial charge in [0.1, 0.15) is 0 Å². The number of piperidine rings is 1. The van der Waals surface area contributed by atoms with Crippen LogP contribution in [0.15, 0.2) is 18.2 Å². The third-order valence-electron chi connectivity index (χ3n) is 3.99. The van der Waals surface area contributed by atoms with Crippen molar-refractivity contribution in [2.75, 3.05) is 24.6 Å². The van der Waals surface area contributed by atoms with Gasteiger partial charge in [-0.25, -0.2) is 0 Å². The van der Waals surface area contributed by atoms with Crippen molar-refractivity contribution in [3.63, 3.8) is 0 Å². The fourth-order valence-electron chi connectivity index (χ4n) is 2.88. The number of hydrogen-bond donors (Lipinski definition) is 2. The zero-order valence-electron chi connectivity index (χ0n) is 11.7. The molecule has 2 N–H and O–H groups in total. The van der Waals surface area contributed by atoms with Crippen LogP contribution in [0.25, 0.3) is 0 Å². The quantitative estimate of drug-likeness (QED) is 0.899. The highest BCUT2D eigenvalue weighted by Crippen LogP contribution is 2.35. The monoisotopic (exact) mass is 303 g/mol. The van der Waals surface area contributed by atoms with Gasteiger partial charge in [-0.1, -0.05) is 6.07 Å². The van der Waals surface area contributed by atoms with Crippen LogP contribution in [0.5, 0.6) is 0 Å². The maximum Gasteiger partial charge on any atom is 0.416 e. The fourth-order valence-corrected chi connectivity index (χ4v) is 2.88. The highest BCUT2D eigenvalue weighted by Gasteiger charge is 2.34. The van der Waals surface area contributed by atoms with Crippen LogP contribution >= 0.6 is 0 Å². The molecule has 2 rings (SSSR count). The Labute approximate surface area is 122 Å². The predicted octanol–water partition coefficient (Wildman–Crippen LogP) is 2.80. The molecule has 0 aliphatic carbocycles. The van der Waals surface area contributed by atoms with Gasteiger partial charge < -0.3 is 15.1 Å². The summed E-state index contributed by atoms with van der Waals surface area (Å²) in [6.45, 7) is 0.867. The molecule has 1 saturated heterocycles. The normalized spacial score (nSPS) is 19.9. The van der Waals surface area contributed by atoms with Crippen LogP contribution in [0.2, 0.25) is 0 Å². The second-order valence-electron chi connectivity index (χ2n) is 5.46. The first-order chi connectivity index (χ1) is 9.95. The Morgan fingerprint density at radius 2 is 2.00 bits per heavy atom. The van der Waals surface area contributed by atoms with E-state index >= 15 is 0 Å². The lowest BCUT2D eigenvalue weighted by Gasteiger charge is -2.34. The molecule has 1 aromatic carbocycles. The van der Waals surface area contributed by atoms with E-state index < -0.39 is 18.3 Å². The van der Waals surface area contributed by atoms with E-state index in [4.69, 9.17) is 10.2 Å². The van der Waals surface area contributed by atoms with E-state index in [9.17, 15) is 13.2 Å². The van der Waals surface area contributed by atoms with Crippen molar-refractivity contribution >= 4 is 5.69 Å². The topological polar surface area (TPSA) is 43.7 Å². The molecule has 0 aromatic heterocycles. The van der Waals surface area contributed by atoms with Crippen LogP contribution in [0, 0.1) is 5.92 Å². The third kappa shape index (κ3) is 3.89. The van der Waals surface area contributed by atoms with Gasteiger partial charge in [-0.05, 0) is 42.9 Å². The largest absolute Gasteiger partial charge is 0.416 e. The molecule has 1 aromatic rings. The predicted molar refractivity (Wildman–Crippen MR) is 74.0 cm³/mol. The van der Waals surface area contributed by atoms with Gasteiger partial charge in [-0.2, -0.15) is 13.2 Å². The number of benzene rings is 1. The molecule has 1 heterocycles. The summed E-state index contributed by atoms with van der Waals surface area (Å²) in [4.78, 5) is 1.93. The highest BCUT2D eigenvalue weighted by atomic mass is 19.4. The molecule has 21 heavy (non-hydrogen) atoms. The Kier molecular flexibility index (Phi) is 5.11. The van der Waals surface area contributed by atoms with Crippen molar-refractivity contribution in [1.29, 1.82) is 0 Å². The number of aliphatic hydroxyl groups is 2. The molecule has 1 unspecified atom stereocenters. The van der Waals surface area contributed by atoms with E-state index in [0.717, 1.165) is 25.5 Å². The van der Waals surface area contributed by atoms with Crippen LogP contribution < -0.4 is 4.90 Å². The van der Waals surface area contributed by atoms with Crippen LogP contribution in [0.1, 0.15) is 30.4 Å². The van der Waals surface area contributed by atoms with E-state index in [1.807, 2.05) is 4.90 Å². The van der Waals surface area contributed by atoms with E-state index in [1.165, 1.54) is 6.07 Å². The van der Waals surface area contributed by atoms with Gasteiger partial charge in [0, 0.05) is 25.4 Å². The van der Waals surface area contributed by atoms with Gasteiger partial charge in [-0.15, -0.1) is 0 Å². The maximum atomic E-state index is 13.0. The van der Waals surface area contributed by atoms with Crippen LogP contribution in [-0.2, 0) is 12.8 Å². The van der Waals surface area contributed by atoms with E-state index in [1.54, 1.807) is 6.07 Å². The van der Waals surface area contributed by atoms with Gasteiger partial charge >= 0.3 is 6.18 Å². The van der Waals surface area contributed by atoms with Crippen molar-refractivity contribution in [3.8, 4) is 0 Å². The molecule has 0 radical (unpaired) electrons. The number of aliphatic hydroxyl groups excluding tert-OH is 2. The van der Waals surface area contributed by atoms with E-state index in [2.05, 4.69) is 0 Å². The number of hydrogen-bond acceptors (Lipinski definition) is 3. The second-order valence-corrected chi connectivity index (χ2v) is 5.46. The van der Waals surface area contributed by atoms with Crippen LogP contribution in [0.4, 0.5) is 18.9 Å². The van der Waals surface area contributed by atoms with Crippen molar-refractivity contribution in [1.82, 2.24) is 0 Å². The molecule has 0 saturated carbocycles. The average molecular weight is 303 g/mol. The minimum absolute atomic E-state index is 0.102. The van der Waals surface area contributed by atoms with Crippen molar-refractivity contribution < 1.29 is 23.4 Å². The summed E-state index contributed by atoms with van der Waals surface area (Å²) in [6.07, 6.45) is -1.88. The summed E-state index contributed by atoms with van der Waals surface area (Å²) in [5.74, 6) is 0.315. The molecule has 6 heteroatoms. The van der Waals surface area contributed by atoms with Crippen molar-refractivity contribution in [2.24, 2.45) is 5.92 Å². The van der Waals surface area contributed by atoms with E-state index in [0.29, 0.717) is 24.6 Å². The number of alkyl halides is 3. The zero-order chi connectivity index (χ0) is 15.5. The van der Waals surface area contributed by atoms with Crippen LogP contribution in [0.3, 0.4) is 0 Å². The minimum atomic E-state index is -4.46. The standard InChI is InChI=1S/C15H20F3NO2/c16-15(17,18)14-8-13(4-3-12(14)10-21)19-6-1-2-11(9-19)5-7-20/h3-4,8,11,20-21H,1-2,5-7,9-10H2. The Balaban J connectivity index is 2.24. The fraction of sp³-hybridized carbons (Fsp3) is 0.600. The highest BCUT2D eigenvalue weighted by molar-refractivity contribution is 5.52. The molecule has 1 aliphatic rings. The molecule has 0 amide bonds. The Morgan fingerprint density at radius 1 is 1.24 bits per heavy atom. The molecule has 1 aliphatic heterocycles. The van der Waals surface area contributed by atoms with E-state index in [-0.39, 0.29) is 12.2 Å². The van der Waals surface area contributed by atoms with Crippen LogP contribution in [-0.4, -0.2) is 29.9 Å². The number of nitrogens with zero attached hydrogens (tertiary/aromatic N) is 1. The molecule has 0 bridgehead atoms. The van der Waals surface area contributed by atoms with Crippen molar-refractivity contribution in [3.05, 3.63) is 29.3 Å². The van der Waals surface area contributed by atoms with Crippen molar-refractivity contribution in [2.45, 2.75) is 32.0 Å². The smallest absolute Gasteiger partial charge is 0.396 e. The summed E-state index contributed by atoms with van der Waals surface area (Å²) >= 11 is 0. The van der Waals surface area contributed by atoms with Gasteiger partial charge in [0.2, 0.25) is 0 Å². The third-order valence-corrected chi connectivity index (χ3v) is 3.99. The lowest BCUT2D eigenvalue weighted by atomic mass is 9.94. The Bertz CT molecular complexity index is 474. The zero-order valence-corrected chi connectivity index (χ0v) is 11.7. The second kappa shape index (κ2) is 6.66. The molecule has 1 fully saturated rings. The lowest BCUT2D eigenvalue weighted by molar-refractivity contribution is -0.138. The number of anilines is 1. The molecule has 0 spiro atoms. The average Bonchev–Trinajstić information content (AvgIpc) is 2.46. The Hall–Kier alpha value is -1.27. The Morgan fingerprint density at radius 3 is 2.62 bits per heavy atom. The number of halogens is 3. The van der Waals surface area contributed by atoms with Gasteiger partial charge in [0.25, 0.3) is 0 Å². The molecule has 3 nitrogen and oxygen atoms in total. The van der Waals surface area contributed by atoms with Gasteiger partial charge in [-0.3, -0.25) is 0 Å². The lowest BCUT2D eigenvalue weighted by Crippen LogP contribution is -2.36. The minimum Gasteiger partial charge on any atom is -0.396 e. The molecule has 1 atom stereocenters. The first kappa shape index (κ1) is 16.1. The number of rotatable bonds is 4. The summed E-state index contributed by atoms with van der Waals surface area (Å²) < 4.78 is 39.1. The first-order valence-electron chi connectivity index (χ1n) is 7.12. The summed E-state index contributed by atoms with van der Waals surface area (Å²) in [5, 5.41) is 18.1. The molecular weight excluding hydrogens is 283 g/mol. The summed E-state index contributed by atoms with van der Waals surface area (Å²) in [6, 6.07) is 4.09. The summed E-state index contributed by atoms with van der Waals surface area (Å²) in [7, 11) is 0.